The van der Waals surface area contributed by atoms with Crippen molar-refractivity contribution in [2.45, 2.75) is 25.2 Å². The largest absolute Gasteiger partial charge is 0.471 e. The van der Waals surface area contributed by atoms with E-state index in [1.165, 1.54) is 25.2 Å². The molecule has 292 valence electrons. The number of imidazole rings is 1. The summed E-state index contributed by atoms with van der Waals surface area (Å²) in [5.74, 6) is -3.75. The number of hydrogen-bond acceptors (Lipinski definition) is 8. The molecular formula is C34H33ClF6N10O4. The van der Waals surface area contributed by atoms with E-state index in [-0.39, 0.29) is 57.0 Å². The maximum absolute atomic E-state index is 14.2. The molecule has 0 spiro atoms. The Balaban J connectivity index is 1.14. The van der Waals surface area contributed by atoms with Crippen LogP contribution in [0, 0.1) is 5.92 Å². The van der Waals surface area contributed by atoms with E-state index in [1.54, 1.807) is 9.80 Å². The molecule has 55 heavy (non-hydrogen) atoms. The van der Waals surface area contributed by atoms with Crippen LogP contribution in [0.4, 0.5) is 37.7 Å². The van der Waals surface area contributed by atoms with Crippen LogP contribution in [0.15, 0.2) is 48.9 Å². The van der Waals surface area contributed by atoms with Crippen LogP contribution in [0.3, 0.4) is 0 Å². The molecule has 0 radical (unpaired) electrons. The molecule has 0 aliphatic carbocycles. The van der Waals surface area contributed by atoms with Gasteiger partial charge in [-0.25, -0.2) is 14.6 Å². The normalized spacial score (nSPS) is 15.6. The van der Waals surface area contributed by atoms with Gasteiger partial charge in [0.05, 0.1) is 39.9 Å². The number of nitrogens with zero attached hydrogens (tertiary/aromatic N) is 8. The summed E-state index contributed by atoms with van der Waals surface area (Å²) < 4.78 is 82.9. The fourth-order valence-corrected chi connectivity index (χ4v) is 6.62. The van der Waals surface area contributed by atoms with E-state index in [0.717, 1.165) is 73.0 Å². The third-order valence-corrected chi connectivity index (χ3v) is 9.69. The first kappa shape index (κ1) is 39.2. The number of rotatable bonds is 7. The number of piperazine rings is 1. The first-order valence-corrected chi connectivity index (χ1v) is 17.2. The van der Waals surface area contributed by atoms with Crippen molar-refractivity contribution in [2.75, 3.05) is 56.5 Å². The van der Waals surface area contributed by atoms with Crippen molar-refractivity contribution in [1.29, 1.82) is 0 Å². The van der Waals surface area contributed by atoms with Gasteiger partial charge in [-0.05, 0) is 56.3 Å². The minimum atomic E-state index is -5.16. The van der Waals surface area contributed by atoms with E-state index in [0.29, 0.717) is 31.1 Å². The molecule has 4 aromatic rings. The van der Waals surface area contributed by atoms with Gasteiger partial charge in [-0.1, -0.05) is 11.6 Å². The highest BCUT2D eigenvalue weighted by atomic mass is 35.5. The summed E-state index contributed by atoms with van der Waals surface area (Å²) >= 11 is 6.46. The molecule has 14 nitrogen and oxygen atoms in total. The van der Waals surface area contributed by atoms with Crippen LogP contribution in [0.25, 0.3) is 17.1 Å². The molecule has 2 N–H and O–H groups in total. The number of benzene rings is 1. The number of alkyl halides is 6. The van der Waals surface area contributed by atoms with Crippen molar-refractivity contribution < 1.29 is 45.5 Å². The molecule has 3 aromatic heterocycles. The molecule has 0 unspecified atom stereocenters. The summed E-state index contributed by atoms with van der Waals surface area (Å²) in [7, 11) is 2.18. The Kier molecular flexibility index (Phi) is 10.9. The summed E-state index contributed by atoms with van der Waals surface area (Å²) in [6, 6.07) is 6.38. The number of aromatic nitrogens is 5. The third-order valence-electron chi connectivity index (χ3n) is 9.38. The summed E-state index contributed by atoms with van der Waals surface area (Å²) in [6.45, 7) is 3.05. The molecule has 2 fully saturated rings. The summed E-state index contributed by atoms with van der Waals surface area (Å²) in [4.78, 5) is 62.6. The van der Waals surface area contributed by atoms with E-state index in [2.05, 4.69) is 25.7 Å². The van der Waals surface area contributed by atoms with Crippen molar-refractivity contribution in [3.63, 3.8) is 0 Å². The Morgan fingerprint density at radius 2 is 1.60 bits per heavy atom. The Morgan fingerprint density at radius 1 is 0.927 bits per heavy atom. The van der Waals surface area contributed by atoms with Gasteiger partial charge in [-0.3, -0.25) is 19.2 Å². The van der Waals surface area contributed by atoms with Crippen molar-refractivity contribution in [1.82, 2.24) is 39.4 Å². The van der Waals surface area contributed by atoms with Crippen molar-refractivity contribution in [3.05, 3.63) is 71.0 Å². The van der Waals surface area contributed by atoms with Crippen molar-refractivity contribution in [3.8, 4) is 17.1 Å². The summed E-state index contributed by atoms with van der Waals surface area (Å²) in [6.07, 6.45) is -5.70. The lowest BCUT2D eigenvalue weighted by Gasteiger charge is -2.37. The van der Waals surface area contributed by atoms with Crippen LogP contribution in [-0.2, 0) is 22.8 Å². The molecule has 0 bridgehead atoms. The molecule has 21 heteroatoms. The maximum atomic E-state index is 14.2. The Morgan fingerprint density at radius 3 is 2.20 bits per heavy atom. The number of nitrogens with one attached hydrogen (secondary N) is 2. The lowest BCUT2D eigenvalue weighted by atomic mass is 9.96. The Bertz CT molecular complexity index is 2100. The zero-order chi connectivity index (χ0) is 39.8. The fourth-order valence-electron chi connectivity index (χ4n) is 6.36. The van der Waals surface area contributed by atoms with Crippen molar-refractivity contribution >= 4 is 46.6 Å². The monoisotopic (exact) mass is 794 g/mol. The van der Waals surface area contributed by atoms with Crippen LogP contribution in [-0.4, -0.2) is 110 Å². The van der Waals surface area contributed by atoms with Gasteiger partial charge in [0.15, 0.2) is 17.3 Å². The molecule has 4 amide bonds. The number of anilines is 2. The number of amides is 4. The van der Waals surface area contributed by atoms with Gasteiger partial charge in [0.2, 0.25) is 5.91 Å². The van der Waals surface area contributed by atoms with Crippen LogP contribution < -0.4 is 15.5 Å². The minimum absolute atomic E-state index is 0.0224. The number of halogens is 7. The predicted octanol–water partition coefficient (Wildman–Crippen LogP) is 4.40. The number of piperidine rings is 1. The third kappa shape index (κ3) is 8.29. The van der Waals surface area contributed by atoms with E-state index in [9.17, 15) is 45.5 Å². The zero-order valence-corrected chi connectivity index (χ0v) is 30.0. The first-order chi connectivity index (χ1) is 25.9. The van der Waals surface area contributed by atoms with Gasteiger partial charge >= 0.3 is 18.3 Å². The molecule has 1 aromatic carbocycles. The van der Waals surface area contributed by atoms with Gasteiger partial charge < -0.3 is 29.9 Å². The molecule has 5 heterocycles. The van der Waals surface area contributed by atoms with Crippen LogP contribution in [0.5, 0.6) is 0 Å². The van der Waals surface area contributed by atoms with E-state index in [1.807, 2.05) is 0 Å². The number of hydrogen-bond donors (Lipinski definition) is 2. The highest BCUT2D eigenvalue weighted by Crippen LogP contribution is 2.37. The highest BCUT2D eigenvalue weighted by Gasteiger charge is 2.42. The quantitative estimate of drug-likeness (QED) is 0.262. The topological polar surface area (TPSA) is 151 Å². The van der Waals surface area contributed by atoms with Gasteiger partial charge in [-0.2, -0.15) is 31.4 Å². The summed E-state index contributed by atoms with van der Waals surface area (Å²) in [5.41, 5.74) is -1.92. The second kappa shape index (κ2) is 15.3. The van der Waals surface area contributed by atoms with Crippen molar-refractivity contribution in [2.24, 2.45) is 13.0 Å². The molecule has 6 rings (SSSR count). The Hall–Kier alpha value is -5.50. The lowest BCUT2D eigenvalue weighted by Crippen LogP contribution is -2.52. The van der Waals surface area contributed by atoms with E-state index in [4.69, 9.17) is 11.6 Å². The first-order valence-electron chi connectivity index (χ1n) is 16.8. The zero-order valence-electron chi connectivity index (χ0n) is 29.2. The lowest BCUT2D eigenvalue weighted by molar-refractivity contribution is -0.170. The summed E-state index contributed by atoms with van der Waals surface area (Å²) in [5, 5.41) is 9.45. The minimum Gasteiger partial charge on any atom is -0.339 e. The second-order valence-corrected chi connectivity index (χ2v) is 13.3. The average Bonchev–Trinajstić information content (AvgIpc) is 3.78. The fraction of sp³-hybridized carbons (Fsp3) is 0.382. The number of carbonyl (C=O) groups is 4. The van der Waals surface area contributed by atoms with Crippen LogP contribution in [0.1, 0.15) is 39.5 Å². The second-order valence-electron chi connectivity index (χ2n) is 12.9. The van der Waals surface area contributed by atoms with Gasteiger partial charge in [0.1, 0.15) is 0 Å². The number of pyridine rings is 1. The molecule has 0 atom stereocenters. The molecular weight excluding hydrogens is 762 g/mol. The van der Waals surface area contributed by atoms with E-state index < -0.39 is 35.4 Å². The van der Waals surface area contributed by atoms with Crippen LogP contribution >= 0.6 is 11.6 Å². The highest BCUT2D eigenvalue weighted by molar-refractivity contribution is 6.34. The van der Waals surface area contributed by atoms with Crippen LogP contribution in [0.2, 0.25) is 5.02 Å². The maximum Gasteiger partial charge on any atom is 0.471 e. The SMILES string of the molecule is CN(C(=O)C(F)(F)F)c1ccc(-n2cc(-c3cnc(C(=O)Nc4ccc(C(=O)N5CCN(C(=O)C6CCNCC6)CC5)c(Cl)c4)n3C)c(C(F)(F)F)n2)nc1. The van der Waals surface area contributed by atoms with Gasteiger partial charge in [0, 0.05) is 58.1 Å². The Labute approximate surface area is 314 Å². The molecule has 0 saturated carbocycles. The van der Waals surface area contributed by atoms with Gasteiger partial charge in [-0.15, -0.1) is 0 Å². The van der Waals surface area contributed by atoms with Gasteiger partial charge in [0.25, 0.3) is 11.8 Å². The average molecular weight is 795 g/mol. The van der Waals surface area contributed by atoms with E-state index >= 15 is 0 Å². The number of carbonyl (C=O) groups excluding carboxylic acids is 4. The standard InChI is InChI=1S/C34H33ClF6N10O4/c1-47(32(55)34(39,40)41)21-4-6-26(43-16-21)51-18-23(27(46-51)33(36,37)38)25-17-44-28(48(25)2)29(52)45-20-3-5-22(24(35)15-20)31(54)50-13-11-49(12-14-50)30(53)19-7-9-42-10-8-19/h3-6,15-19,42H,7-14H2,1-2H3,(H,45,52). The molecule has 2 saturated heterocycles. The molecule has 2 aliphatic heterocycles. The predicted molar refractivity (Wildman–Crippen MR) is 186 cm³/mol. The smallest absolute Gasteiger partial charge is 0.339 e. The molecule has 2 aliphatic rings.